The summed E-state index contributed by atoms with van der Waals surface area (Å²) in [4.78, 5) is 23.8. The molecule has 0 spiro atoms. The van der Waals surface area contributed by atoms with Gasteiger partial charge in [-0.25, -0.2) is 14.8 Å². The van der Waals surface area contributed by atoms with Crippen molar-refractivity contribution in [3.8, 4) is 11.5 Å². The van der Waals surface area contributed by atoms with Gasteiger partial charge in [-0.15, -0.1) is 0 Å². The molecule has 0 atom stereocenters. The van der Waals surface area contributed by atoms with Crippen LogP contribution in [0.25, 0.3) is 11.5 Å². The number of hydrogen-bond acceptors (Lipinski definition) is 5. The minimum absolute atomic E-state index is 0.0729. The fourth-order valence-electron chi connectivity index (χ4n) is 2.05. The van der Waals surface area contributed by atoms with E-state index in [9.17, 15) is 9.90 Å². The van der Waals surface area contributed by atoms with Crippen LogP contribution in [0, 0.1) is 0 Å². The van der Waals surface area contributed by atoms with Gasteiger partial charge in [0.25, 0.3) is 0 Å². The number of nitrogens with one attached hydrogen (secondary N) is 1. The molecule has 3 aromatic rings. The molecule has 6 nitrogen and oxygen atoms in total. The van der Waals surface area contributed by atoms with Crippen LogP contribution in [0.3, 0.4) is 0 Å². The van der Waals surface area contributed by atoms with Crippen LogP contribution in [0.4, 0.5) is 5.82 Å². The molecule has 0 radical (unpaired) electrons. The summed E-state index contributed by atoms with van der Waals surface area (Å²) in [5.74, 6) is -0.379. The molecule has 23 heavy (non-hydrogen) atoms. The molecule has 0 aliphatic carbocycles. The SMILES string of the molecule is O=C(O)c1cc(NCc2ccccc2)nc(-c2ccccn2)n1. The lowest BCUT2D eigenvalue weighted by molar-refractivity contribution is 0.0690. The van der Waals surface area contributed by atoms with Crippen LogP contribution in [0.15, 0.2) is 60.8 Å². The maximum atomic E-state index is 11.3. The molecule has 3 rings (SSSR count). The topological polar surface area (TPSA) is 88.0 Å². The standard InChI is InChI=1S/C17H14N4O2/c22-17(23)14-10-15(19-11-12-6-2-1-3-7-12)21-16(20-14)13-8-4-5-9-18-13/h1-10H,11H2,(H,22,23)(H,19,20,21). The first kappa shape index (κ1) is 14.6. The number of aromatic carboxylic acids is 1. The maximum Gasteiger partial charge on any atom is 0.354 e. The zero-order valence-corrected chi connectivity index (χ0v) is 12.2. The van der Waals surface area contributed by atoms with Crippen molar-refractivity contribution >= 4 is 11.8 Å². The van der Waals surface area contributed by atoms with Crippen LogP contribution < -0.4 is 5.32 Å². The Bertz CT molecular complexity index is 807. The molecule has 0 aliphatic heterocycles. The minimum Gasteiger partial charge on any atom is -0.477 e. The summed E-state index contributed by atoms with van der Waals surface area (Å²) < 4.78 is 0. The minimum atomic E-state index is -1.10. The summed E-state index contributed by atoms with van der Waals surface area (Å²) in [6, 6.07) is 16.5. The third-order valence-electron chi connectivity index (χ3n) is 3.16. The Kier molecular flexibility index (Phi) is 4.24. The molecule has 0 unspecified atom stereocenters. The van der Waals surface area contributed by atoms with Crippen molar-refractivity contribution in [2.45, 2.75) is 6.54 Å². The van der Waals surface area contributed by atoms with E-state index in [-0.39, 0.29) is 11.5 Å². The van der Waals surface area contributed by atoms with E-state index in [4.69, 9.17) is 0 Å². The van der Waals surface area contributed by atoms with E-state index in [1.807, 2.05) is 30.3 Å². The summed E-state index contributed by atoms with van der Waals surface area (Å²) in [5.41, 5.74) is 1.52. The van der Waals surface area contributed by atoms with Crippen LogP contribution in [-0.4, -0.2) is 26.0 Å². The number of carbonyl (C=O) groups is 1. The zero-order valence-electron chi connectivity index (χ0n) is 12.2. The number of carboxylic acids is 1. The van der Waals surface area contributed by atoms with Gasteiger partial charge in [-0.3, -0.25) is 4.98 Å². The van der Waals surface area contributed by atoms with Gasteiger partial charge in [0.15, 0.2) is 11.5 Å². The fourth-order valence-corrected chi connectivity index (χ4v) is 2.05. The van der Waals surface area contributed by atoms with Crippen molar-refractivity contribution in [2.75, 3.05) is 5.32 Å². The number of nitrogens with zero attached hydrogens (tertiary/aromatic N) is 3. The van der Waals surface area contributed by atoms with Crippen molar-refractivity contribution in [3.05, 3.63) is 72.1 Å². The van der Waals surface area contributed by atoms with E-state index >= 15 is 0 Å². The molecule has 0 saturated heterocycles. The van der Waals surface area contributed by atoms with E-state index in [0.29, 0.717) is 18.1 Å². The Morgan fingerprint density at radius 1 is 1.04 bits per heavy atom. The highest BCUT2D eigenvalue weighted by Crippen LogP contribution is 2.16. The predicted molar refractivity (Wildman–Crippen MR) is 86.0 cm³/mol. The quantitative estimate of drug-likeness (QED) is 0.753. The van der Waals surface area contributed by atoms with Crippen molar-refractivity contribution < 1.29 is 9.90 Å². The first-order valence-electron chi connectivity index (χ1n) is 7.04. The van der Waals surface area contributed by atoms with Crippen LogP contribution in [0.5, 0.6) is 0 Å². The molecule has 2 heterocycles. The summed E-state index contributed by atoms with van der Waals surface area (Å²) in [6.45, 7) is 0.540. The van der Waals surface area contributed by atoms with Gasteiger partial charge in [-0.05, 0) is 17.7 Å². The van der Waals surface area contributed by atoms with E-state index in [0.717, 1.165) is 5.56 Å². The van der Waals surface area contributed by atoms with Crippen molar-refractivity contribution in [3.63, 3.8) is 0 Å². The molecule has 0 aliphatic rings. The Balaban J connectivity index is 1.90. The Hall–Kier alpha value is -3.28. The van der Waals surface area contributed by atoms with Gasteiger partial charge in [0, 0.05) is 18.8 Å². The molecule has 2 N–H and O–H groups in total. The van der Waals surface area contributed by atoms with Gasteiger partial charge in [0.1, 0.15) is 11.5 Å². The molecular formula is C17H14N4O2. The molecule has 114 valence electrons. The summed E-state index contributed by atoms with van der Waals surface area (Å²) in [7, 11) is 0. The second kappa shape index (κ2) is 6.65. The fraction of sp³-hybridized carbons (Fsp3) is 0.0588. The van der Waals surface area contributed by atoms with Crippen molar-refractivity contribution in [1.29, 1.82) is 0 Å². The summed E-state index contributed by atoms with van der Waals surface area (Å²) >= 11 is 0. The molecule has 2 aromatic heterocycles. The molecule has 0 bridgehead atoms. The van der Waals surface area contributed by atoms with Gasteiger partial charge in [0.05, 0.1) is 0 Å². The lowest BCUT2D eigenvalue weighted by atomic mass is 10.2. The second-order valence-electron chi connectivity index (χ2n) is 4.82. The van der Waals surface area contributed by atoms with Crippen molar-refractivity contribution in [1.82, 2.24) is 15.0 Å². The van der Waals surface area contributed by atoms with Gasteiger partial charge >= 0.3 is 5.97 Å². The van der Waals surface area contributed by atoms with E-state index < -0.39 is 5.97 Å². The number of pyridine rings is 1. The third-order valence-corrected chi connectivity index (χ3v) is 3.16. The molecule has 1 aromatic carbocycles. The zero-order chi connectivity index (χ0) is 16.1. The lowest BCUT2D eigenvalue weighted by Crippen LogP contribution is -2.08. The number of aromatic nitrogens is 3. The molecule has 0 saturated carbocycles. The smallest absolute Gasteiger partial charge is 0.354 e. The van der Waals surface area contributed by atoms with E-state index in [2.05, 4.69) is 20.3 Å². The average Bonchev–Trinajstić information content (AvgIpc) is 2.61. The van der Waals surface area contributed by atoms with Crippen LogP contribution in [0.2, 0.25) is 0 Å². The highest BCUT2D eigenvalue weighted by molar-refractivity contribution is 5.86. The highest BCUT2D eigenvalue weighted by atomic mass is 16.4. The van der Waals surface area contributed by atoms with Gasteiger partial charge in [0.2, 0.25) is 0 Å². The molecule has 0 fully saturated rings. The number of benzene rings is 1. The molecule has 6 heteroatoms. The van der Waals surface area contributed by atoms with Gasteiger partial charge < -0.3 is 10.4 Å². The highest BCUT2D eigenvalue weighted by Gasteiger charge is 2.12. The number of carboxylic acid groups (broad SMARTS) is 1. The molecule has 0 amide bonds. The van der Waals surface area contributed by atoms with Crippen LogP contribution >= 0.6 is 0 Å². The summed E-state index contributed by atoms with van der Waals surface area (Å²) in [5, 5.41) is 12.4. The Morgan fingerprint density at radius 2 is 1.83 bits per heavy atom. The number of rotatable bonds is 5. The first-order chi connectivity index (χ1) is 11.2. The van der Waals surface area contributed by atoms with Crippen molar-refractivity contribution in [2.24, 2.45) is 0 Å². The lowest BCUT2D eigenvalue weighted by Gasteiger charge is -2.08. The van der Waals surface area contributed by atoms with Gasteiger partial charge in [-0.1, -0.05) is 36.4 Å². The Morgan fingerprint density at radius 3 is 2.52 bits per heavy atom. The summed E-state index contributed by atoms with van der Waals surface area (Å²) in [6.07, 6.45) is 1.61. The second-order valence-corrected chi connectivity index (χ2v) is 4.82. The average molecular weight is 306 g/mol. The van der Waals surface area contributed by atoms with E-state index in [1.165, 1.54) is 6.07 Å². The first-order valence-corrected chi connectivity index (χ1v) is 7.04. The largest absolute Gasteiger partial charge is 0.477 e. The Labute approximate surface area is 132 Å². The van der Waals surface area contributed by atoms with Crippen LogP contribution in [0.1, 0.15) is 16.1 Å². The van der Waals surface area contributed by atoms with Gasteiger partial charge in [-0.2, -0.15) is 0 Å². The maximum absolute atomic E-state index is 11.3. The monoisotopic (exact) mass is 306 g/mol. The normalized spacial score (nSPS) is 10.3. The van der Waals surface area contributed by atoms with Crippen LogP contribution in [-0.2, 0) is 6.54 Å². The number of hydrogen-bond donors (Lipinski definition) is 2. The van der Waals surface area contributed by atoms with E-state index in [1.54, 1.807) is 24.4 Å². The third kappa shape index (κ3) is 3.68. The number of anilines is 1. The molecular weight excluding hydrogens is 292 g/mol. The predicted octanol–water partition coefficient (Wildman–Crippen LogP) is 2.85.